The van der Waals surface area contributed by atoms with E-state index in [4.69, 9.17) is 0 Å². The first-order valence-corrected chi connectivity index (χ1v) is 21.2. The summed E-state index contributed by atoms with van der Waals surface area (Å²) in [5.74, 6) is 1.05. The molecule has 1 N–H and O–H groups in total. The van der Waals surface area contributed by atoms with E-state index in [1.165, 1.54) is 251 Å². The van der Waals surface area contributed by atoms with Gasteiger partial charge in [-0.15, -0.1) is 0 Å². The molecule has 1 fully saturated rings. The normalized spacial score (nSPS) is 16.5. The molecule has 0 bridgehead atoms. The highest BCUT2D eigenvalue weighted by atomic mass is 35.5. The molecule has 0 saturated carbocycles. The molecule has 1 heterocycles. The zero-order valence-corrected chi connectivity index (χ0v) is 31.8. The van der Waals surface area contributed by atoms with Crippen LogP contribution in [0.3, 0.4) is 0 Å². The fourth-order valence-electron chi connectivity index (χ4n) is 7.75. The van der Waals surface area contributed by atoms with Crippen molar-refractivity contribution in [2.45, 2.75) is 245 Å². The minimum absolute atomic E-state index is 0. The van der Waals surface area contributed by atoms with Crippen molar-refractivity contribution in [2.24, 2.45) is 5.92 Å². The molecule has 0 aliphatic carbocycles. The Hall–Kier alpha value is 0.250. The Labute approximate surface area is 287 Å². The van der Waals surface area contributed by atoms with Crippen LogP contribution >= 0.6 is 0 Å². The van der Waals surface area contributed by atoms with Crippen molar-refractivity contribution in [1.29, 1.82) is 0 Å². The summed E-state index contributed by atoms with van der Waals surface area (Å²) >= 11 is 0. The van der Waals surface area contributed by atoms with Gasteiger partial charge >= 0.3 is 0 Å². The van der Waals surface area contributed by atoms with E-state index in [1.54, 1.807) is 0 Å². The summed E-state index contributed by atoms with van der Waals surface area (Å²) in [6, 6.07) is 0. The average Bonchev–Trinajstić information content (AvgIpc) is 3.47. The Balaban J connectivity index is 0.0000185. The Morgan fingerprint density at radius 1 is 0.364 bits per heavy atom. The molecule has 0 aromatic heterocycles. The SMILES string of the molecule is CCCCCCCCCCCCCCCCCCCC1CC[NH+](CCCCCCCCCCCCCCCCCCC)C1.[Cl-]. The van der Waals surface area contributed by atoms with E-state index >= 15 is 0 Å². The number of rotatable bonds is 36. The van der Waals surface area contributed by atoms with Crippen molar-refractivity contribution in [3.05, 3.63) is 0 Å². The lowest BCUT2D eigenvalue weighted by atomic mass is 9.99. The van der Waals surface area contributed by atoms with Crippen LogP contribution in [0.5, 0.6) is 0 Å². The van der Waals surface area contributed by atoms with Gasteiger partial charge in [0.15, 0.2) is 0 Å². The number of hydrogen-bond donors (Lipinski definition) is 1. The second-order valence-electron chi connectivity index (χ2n) is 15.2. The van der Waals surface area contributed by atoms with Crippen molar-refractivity contribution in [1.82, 2.24) is 0 Å². The fraction of sp³-hybridized carbons (Fsp3) is 1.00. The van der Waals surface area contributed by atoms with Gasteiger partial charge in [-0.25, -0.2) is 0 Å². The average molecular weight is 641 g/mol. The summed E-state index contributed by atoms with van der Waals surface area (Å²) in [5.41, 5.74) is 0. The zero-order valence-electron chi connectivity index (χ0n) is 31.0. The molecule has 0 radical (unpaired) electrons. The molecule has 1 saturated heterocycles. The van der Waals surface area contributed by atoms with Gasteiger partial charge in [0.25, 0.3) is 0 Å². The van der Waals surface area contributed by atoms with Crippen molar-refractivity contribution in [3.8, 4) is 0 Å². The van der Waals surface area contributed by atoms with Gasteiger partial charge in [0.1, 0.15) is 0 Å². The van der Waals surface area contributed by atoms with Gasteiger partial charge in [0, 0.05) is 12.3 Å². The van der Waals surface area contributed by atoms with Crippen molar-refractivity contribution < 1.29 is 17.3 Å². The number of likely N-dealkylation sites (tertiary alicyclic amines) is 1. The number of hydrogen-bond acceptors (Lipinski definition) is 0. The molecule has 0 aromatic rings. The van der Waals surface area contributed by atoms with Crippen LogP contribution in [-0.2, 0) is 0 Å². The summed E-state index contributed by atoms with van der Waals surface area (Å²) in [5, 5.41) is 0. The quantitative estimate of drug-likeness (QED) is 0.0650. The van der Waals surface area contributed by atoms with E-state index in [1.807, 2.05) is 4.90 Å². The summed E-state index contributed by atoms with van der Waals surface area (Å²) in [7, 11) is 0. The highest BCUT2D eigenvalue weighted by Gasteiger charge is 2.24. The molecule has 1 aliphatic rings. The third kappa shape index (κ3) is 32.2. The number of nitrogens with one attached hydrogen (secondary N) is 1. The van der Waals surface area contributed by atoms with Gasteiger partial charge < -0.3 is 17.3 Å². The number of halogens is 1. The minimum atomic E-state index is 0. The lowest BCUT2D eigenvalue weighted by molar-refractivity contribution is -0.889. The van der Waals surface area contributed by atoms with E-state index in [-0.39, 0.29) is 12.4 Å². The summed E-state index contributed by atoms with van der Waals surface area (Å²) in [4.78, 5) is 1.94. The number of quaternary nitrogens is 1. The largest absolute Gasteiger partial charge is 1.00 e. The van der Waals surface area contributed by atoms with Gasteiger partial charge in [-0.1, -0.05) is 219 Å². The number of unbranched alkanes of at least 4 members (excludes halogenated alkanes) is 32. The van der Waals surface area contributed by atoms with Crippen molar-refractivity contribution in [2.75, 3.05) is 19.6 Å². The molecular weight excluding hydrogens is 554 g/mol. The van der Waals surface area contributed by atoms with Crippen molar-refractivity contribution in [3.63, 3.8) is 0 Å². The second-order valence-corrected chi connectivity index (χ2v) is 15.2. The monoisotopic (exact) mass is 640 g/mol. The molecule has 1 rings (SSSR count). The van der Waals surface area contributed by atoms with Crippen LogP contribution in [-0.4, -0.2) is 19.6 Å². The van der Waals surface area contributed by atoms with Gasteiger partial charge in [-0.2, -0.15) is 0 Å². The van der Waals surface area contributed by atoms with Crippen LogP contribution in [0.15, 0.2) is 0 Å². The lowest BCUT2D eigenvalue weighted by Gasteiger charge is -2.13. The maximum Gasteiger partial charge on any atom is 0.0801 e. The molecule has 1 aliphatic heterocycles. The predicted octanol–water partition coefficient (Wildman–Crippen LogP) is 10.6. The topological polar surface area (TPSA) is 4.44 Å². The Bertz CT molecular complexity index is 464. The zero-order chi connectivity index (χ0) is 30.7. The van der Waals surface area contributed by atoms with E-state index in [0.717, 1.165) is 5.92 Å². The van der Waals surface area contributed by atoms with Gasteiger partial charge in [-0.05, 0) is 19.3 Å². The van der Waals surface area contributed by atoms with Crippen LogP contribution in [0, 0.1) is 5.92 Å². The Kier molecular flexibility index (Phi) is 37.9. The van der Waals surface area contributed by atoms with Crippen LogP contribution in [0.2, 0.25) is 0 Å². The third-order valence-corrected chi connectivity index (χ3v) is 10.8. The van der Waals surface area contributed by atoms with E-state index in [2.05, 4.69) is 13.8 Å². The molecule has 0 amide bonds. The summed E-state index contributed by atoms with van der Waals surface area (Å²) < 4.78 is 0. The predicted molar refractivity (Wildman–Crippen MR) is 197 cm³/mol. The van der Waals surface area contributed by atoms with Gasteiger partial charge in [0.2, 0.25) is 0 Å². The third-order valence-electron chi connectivity index (χ3n) is 10.8. The smallest absolute Gasteiger partial charge is 0.0801 e. The summed E-state index contributed by atoms with van der Waals surface area (Å²) in [6.07, 6.45) is 53.4. The molecule has 2 atom stereocenters. The van der Waals surface area contributed by atoms with Gasteiger partial charge in [0.05, 0.1) is 19.6 Å². The van der Waals surface area contributed by atoms with Crippen LogP contribution < -0.4 is 17.3 Å². The van der Waals surface area contributed by atoms with Crippen molar-refractivity contribution >= 4 is 0 Å². The lowest BCUT2D eigenvalue weighted by Crippen LogP contribution is -3.10. The molecule has 0 spiro atoms. The van der Waals surface area contributed by atoms with Gasteiger partial charge in [-0.3, -0.25) is 0 Å². The van der Waals surface area contributed by atoms with Crippen LogP contribution in [0.25, 0.3) is 0 Å². The Morgan fingerprint density at radius 3 is 0.955 bits per heavy atom. The Morgan fingerprint density at radius 2 is 0.636 bits per heavy atom. The standard InChI is InChI=1S/C42H85N.ClH/c1-3-5-7-9-11-13-15-17-19-21-23-25-27-29-31-33-35-37-42-38-40-43(41-42)39-36-34-32-30-28-26-24-22-20-18-16-14-12-10-8-6-4-2;/h42H,3-41H2,1-2H3;1H. The molecule has 0 aromatic carbocycles. The van der Waals surface area contributed by atoms with E-state index in [9.17, 15) is 0 Å². The van der Waals surface area contributed by atoms with E-state index in [0.29, 0.717) is 0 Å². The highest BCUT2D eigenvalue weighted by Crippen LogP contribution is 2.18. The first kappa shape index (κ1) is 44.2. The molecule has 44 heavy (non-hydrogen) atoms. The molecule has 2 heteroatoms. The van der Waals surface area contributed by atoms with Crippen LogP contribution in [0.4, 0.5) is 0 Å². The molecule has 1 nitrogen and oxygen atoms in total. The molecule has 266 valence electrons. The van der Waals surface area contributed by atoms with E-state index < -0.39 is 0 Å². The first-order chi connectivity index (χ1) is 21.4. The second kappa shape index (κ2) is 37.7. The first-order valence-electron chi connectivity index (χ1n) is 21.2. The highest BCUT2D eigenvalue weighted by molar-refractivity contribution is 4.63. The van der Waals surface area contributed by atoms with Crippen LogP contribution in [0.1, 0.15) is 245 Å². The summed E-state index contributed by atoms with van der Waals surface area (Å²) in [6.45, 7) is 9.06. The maximum absolute atomic E-state index is 2.31. The molecular formula is C42H86ClN. The minimum Gasteiger partial charge on any atom is -1.00 e. The molecule has 2 unspecified atom stereocenters. The maximum atomic E-state index is 2.31. The fourth-order valence-corrected chi connectivity index (χ4v) is 7.75.